The number of amides is 1. The predicted octanol–water partition coefficient (Wildman–Crippen LogP) is 3.99. The van der Waals surface area contributed by atoms with Gasteiger partial charge in [-0.25, -0.2) is 0 Å². The fraction of sp³-hybridized carbons (Fsp3) is 0.500. The van der Waals surface area contributed by atoms with Gasteiger partial charge in [0.25, 0.3) is 5.91 Å². The van der Waals surface area contributed by atoms with Crippen molar-refractivity contribution in [3.8, 4) is 11.5 Å². The topological polar surface area (TPSA) is 68.3 Å². The minimum Gasteiger partial charge on any atom is -0.493 e. The van der Waals surface area contributed by atoms with Gasteiger partial charge in [0.05, 0.1) is 19.1 Å². The molecule has 10 heteroatoms. The number of hydrogen-bond donors (Lipinski definition) is 0. The summed E-state index contributed by atoms with van der Waals surface area (Å²) in [6.07, 6.45) is 4.54. The van der Waals surface area contributed by atoms with Crippen LogP contribution in [0.4, 0.5) is 0 Å². The number of thioether (sulfide) groups is 1. The number of methoxy groups -OCH3 is 2. The van der Waals surface area contributed by atoms with Crippen LogP contribution in [0.5, 0.6) is 11.5 Å². The number of thiocarbonyl (C=S) groups is 1. The van der Waals surface area contributed by atoms with Gasteiger partial charge >= 0.3 is 5.97 Å². The maximum Gasteiger partial charge on any atom is 0.305 e. The molecule has 1 saturated heterocycles. The Morgan fingerprint density at radius 3 is 2.53 bits per heavy atom. The average molecular weight is 503 g/mol. The quantitative estimate of drug-likeness (QED) is 0.184. The predicted molar refractivity (Wildman–Crippen MR) is 135 cm³/mol. The van der Waals surface area contributed by atoms with Crippen molar-refractivity contribution in [2.45, 2.75) is 25.7 Å². The number of hydrogen-bond acceptors (Lipinski definition) is 8. The number of carbonyl (C=O) groups excluding carboxylic acids is 2. The Kier molecular flexibility index (Phi) is 12.7. The highest BCUT2D eigenvalue weighted by molar-refractivity contribution is 8.26. The third-order valence-electron chi connectivity index (χ3n) is 4.64. The van der Waals surface area contributed by atoms with Gasteiger partial charge in [-0.05, 0) is 50.7 Å². The highest BCUT2D eigenvalue weighted by Gasteiger charge is 2.31. The van der Waals surface area contributed by atoms with Crippen LogP contribution >= 0.6 is 36.4 Å². The molecule has 0 bridgehead atoms. The summed E-state index contributed by atoms with van der Waals surface area (Å²) in [5.74, 6) is 0.971. The Morgan fingerprint density at radius 1 is 1.16 bits per heavy atom. The molecule has 0 aliphatic carbocycles. The van der Waals surface area contributed by atoms with E-state index in [9.17, 15) is 9.59 Å². The summed E-state index contributed by atoms with van der Waals surface area (Å²) in [5.41, 5.74) is 0.839. The summed E-state index contributed by atoms with van der Waals surface area (Å²) in [6, 6.07) is 5.49. The molecule has 178 valence electrons. The van der Waals surface area contributed by atoms with E-state index in [4.69, 9.17) is 26.4 Å². The summed E-state index contributed by atoms with van der Waals surface area (Å²) in [6.45, 7) is 1.68. The van der Waals surface area contributed by atoms with E-state index in [1.165, 1.54) is 11.8 Å². The zero-order valence-corrected chi connectivity index (χ0v) is 21.4. The largest absolute Gasteiger partial charge is 0.493 e. The first-order valence-electron chi connectivity index (χ1n) is 10.1. The lowest BCUT2D eigenvalue weighted by Gasteiger charge is -2.14. The highest BCUT2D eigenvalue weighted by atomic mass is 35.5. The summed E-state index contributed by atoms with van der Waals surface area (Å²) in [7, 11) is 7.02. The summed E-state index contributed by atoms with van der Waals surface area (Å²) in [4.78, 5) is 28.6. The van der Waals surface area contributed by atoms with Gasteiger partial charge in [0, 0.05) is 19.5 Å². The lowest BCUT2D eigenvalue weighted by molar-refractivity contribution is -0.144. The van der Waals surface area contributed by atoms with Crippen LogP contribution in [0, 0.1) is 0 Å². The molecule has 1 amide bonds. The molecule has 2 rings (SSSR count). The minimum atomic E-state index is -0.176. The number of benzene rings is 1. The van der Waals surface area contributed by atoms with E-state index >= 15 is 0 Å². The zero-order chi connectivity index (χ0) is 22.8. The van der Waals surface area contributed by atoms with E-state index in [1.807, 2.05) is 37.2 Å². The summed E-state index contributed by atoms with van der Waals surface area (Å²) >= 11 is 6.69. The molecule has 7 nitrogen and oxygen atoms in total. The normalized spacial score (nSPS) is 14.7. The van der Waals surface area contributed by atoms with Crippen LogP contribution in [0.25, 0.3) is 6.08 Å². The first-order valence-corrected chi connectivity index (χ1v) is 11.4. The number of likely N-dealkylation sites (N-methyl/N-ethyl adjacent to an activating group) is 1. The Bertz CT molecular complexity index is 833. The number of carbonyl (C=O) groups is 2. The van der Waals surface area contributed by atoms with Crippen molar-refractivity contribution < 1.29 is 23.8 Å². The molecule has 0 saturated carbocycles. The first-order chi connectivity index (χ1) is 14.8. The fourth-order valence-corrected chi connectivity index (χ4v) is 4.23. The van der Waals surface area contributed by atoms with Crippen molar-refractivity contribution in [1.29, 1.82) is 0 Å². The van der Waals surface area contributed by atoms with Crippen LogP contribution in [0.3, 0.4) is 0 Å². The second-order valence-electron chi connectivity index (χ2n) is 7.28. The van der Waals surface area contributed by atoms with E-state index < -0.39 is 0 Å². The molecule has 1 heterocycles. The molecule has 1 aliphatic rings. The average Bonchev–Trinajstić information content (AvgIpc) is 3.00. The fourth-order valence-electron chi connectivity index (χ4n) is 2.92. The molecule has 0 unspecified atom stereocenters. The Labute approximate surface area is 205 Å². The Balaban J connectivity index is 0.00000512. The number of ether oxygens (including phenoxy) is 3. The second kappa shape index (κ2) is 14.4. The molecule has 1 aromatic rings. The summed E-state index contributed by atoms with van der Waals surface area (Å²) in [5, 5.41) is 0. The van der Waals surface area contributed by atoms with E-state index in [-0.39, 0.29) is 24.3 Å². The van der Waals surface area contributed by atoms with E-state index in [2.05, 4.69) is 0 Å². The third kappa shape index (κ3) is 8.61. The number of esters is 1. The van der Waals surface area contributed by atoms with Crippen LogP contribution in [-0.4, -0.2) is 74.0 Å². The minimum absolute atomic E-state index is 0. The molecule has 32 heavy (non-hydrogen) atoms. The zero-order valence-electron chi connectivity index (χ0n) is 18.9. The van der Waals surface area contributed by atoms with Gasteiger partial charge in [0.15, 0.2) is 11.5 Å². The Morgan fingerprint density at radius 2 is 1.88 bits per heavy atom. The van der Waals surface area contributed by atoms with Gasteiger partial charge in [-0.1, -0.05) is 36.5 Å². The summed E-state index contributed by atoms with van der Waals surface area (Å²) < 4.78 is 16.3. The molecule has 1 aromatic carbocycles. The molecular weight excluding hydrogens is 472 g/mol. The molecule has 1 aliphatic heterocycles. The molecule has 0 aromatic heterocycles. The van der Waals surface area contributed by atoms with Crippen molar-refractivity contribution in [2.24, 2.45) is 0 Å². The number of rotatable bonds is 12. The lowest BCUT2D eigenvalue weighted by Crippen LogP contribution is -2.29. The standard InChI is InChI=1S/C22H30N2O5S2.ClH/c1-23(2)12-13-29-20(25)8-6-5-7-11-24-21(26)19(31-22(24)30)15-16-9-10-17(27-3)18(14-16)28-4;/h9-10,14-15H,5-8,11-13H2,1-4H3;1H/b19-15-;. The molecule has 1 fully saturated rings. The molecule has 0 atom stereocenters. The van der Waals surface area contributed by atoms with Crippen LogP contribution in [0.1, 0.15) is 31.2 Å². The smallest absolute Gasteiger partial charge is 0.305 e. The van der Waals surface area contributed by atoms with E-state index in [0.717, 1.165) is 31.4 Å². The van der Waals surface area contributed by atoms with Crippen LogP contribution in [0.15, 0.2) is 23.1 Å². The van der Waals surface area contributed by atoms with Crippen molar-refractivity contribution in [1.82, 2.24) is 9.80 Å². The maximum absolute atomic E-state index is 12.8. The third-order valence-corrected chi connectivity index (χ3v) is 6.02. The van der Waals surface area contributed by atoms with E-state index in [1.54, 1.807) is 25.2 Å². The van der Waals surface area contributed by atoms with Gasteiger partial charge in [-0.15, -0.1) is 12.4 Å². The van der Waals surface area contributed by atoms with Crippen LogP contribution < -0.4 is 9.47 Å². The van der Waals surface area contributed by atoms with Crippen molar-refractivity contribution >= 4 is 58.7 Å². The number of halogens is 1. The van der Waals surface area contributed by atoms with Crippen LogP contribution in [0.2, 0.25) is 0 Å². The van der Waals surface area contributed by atoms with E-state index in [0.29, 0.717) is 40.3 Å². The van der Waals surface area contributed by atoms with Crippen molar-refractivity contribution in [2.75, 3.05) is 48.0 Å². The lowest BCUT2D eigenvalue weighted by atomic mass is 10.1. The van der Waals surface area contributed by atoms with Gasteiger partial charge in [0.1, 0.15) is 10.9 Å². The van der Waals surface area contributed by atoms with Gasteiger partial charge in [0.2, 0.25) is 0 Å². The second-order valence-corrected chi connectivity index (χ2v) is 8.96. The first kappa shape index (κ1) is 28.2. The van der Waals surface area contributed by atoms with Crippen molar-refractivity contribution in [3.63, 3.8) is 0 Å². The SMILES string of the molecule is COc1ccc(/C=C2\SC(=S)N(CCCCCC(=O)OCCN(C)C)C2=O)cc1OC.Cl. The molecular formula is C22H31ClN2O5S2. The molecule has 0 spiro atoms. The van der Waals surface area contributed by atoms with Gasteiger partial charge in [-0.2, -0.15) is 0 Å². The molecule has 0 radical (unpaired) electrons. The Hall–Kier alpha value is -1.81. The molecule has 0 N–H and O–H groups in total. The number of unbranched alkanes of at least 4 members (excludes halogenated alkanes) is 2. The maximum atomic E-state index is 12.8. The highest BCUT2D eigenvalue weighted by Crippen LogP contribution is 2.34. The van der Waals surface area contributed by atoms with Gasteiger partial charge in [-0.3, -0.25) is 14.5 Å². The van der Waals surface area contributed by atoms with Gasteiger partial charge < -0.3 is 19.1 Å². The number of nitrogens with zero attached hydrogens (tertiary/aromatic N) is 2. The monoisotopic (exact) mass is 502 g/mol. The van der Waals surface area contributed by atoms with Crippen molar-refractivity contribution in [3.05, 3.63) is 28.7 Å². The van der Waals surface area contributed by atoms with Crippen LogP contribution in [-0.2, 0) is 14.3 Å².